The number of carbonyl (C=O) groups is 1. The molecule has 0 atom stereocenters. The topological polar surface area (TPSA) is 79.0 Å². The Balaban J connectivity index is 1.48. The molecule has 3 aromatic rings. The zero-order valence-electron chi connectivity index (χ0n) is 17.6. The van der Waals surface area contributed by atoms with Gasteiger partial charge in [0, 0.05) is 49.7 Å². The maximum absolute atomic E-state index is 13.4. The van der Waals surface area contributed by atoms with Crippen molar-refractivity contribution in [2.75, 3.05) is 43.5 Å². The van der Waals surface area contributed by atoms with E-state index in [1.807, 2.05) is 24.3 Å². The number of hydrogen-bond donors (Lipinski definition) is 1. The molecule has 1 saturated heterocycles. The van der Waals surface area contributed by atoms with Crippen LogP contribution < -0.4 is 15.0 Å². The van der Waals surface area contributed by atoms with Crippen molar-refractivity contribution in [3.05, 3.63) is 70.4 Å². The van der Waals surface area contributed by atoms with Gasteiger partial charge in [-0.1, -0.05) is 6.07 Å². The van der Waals surface area contributed by atoms with E-state index in [9.17, 15) is 22.0 Å². The number of rotatable bonds is 6. The summed E-state index contributed by atoms with van der Waals surface area (Å²) < 4.78 is 59.7. The number of nitrogens with one attached hydrogen (secondary N) is 1. The van der Waals surface area contributed by atoms with Gasteiger partial charge in [0.25, 0.3) is 5.91 Å². The largest absolute Gasteiger partial charge is 0.497 e. The fourth-order valence-electron chi connectivity index (χ4n) is 3.56. The van der Waals surface area contributed by atoms with Crippen molar-refractivity contribution in [1.82, 2.24) is 4.31 Å². The van der Waals surface area contributed by atoms with Crippen LogP contribution in [0.4, 0.5) is 20.2 Å². The number of sulfonamides is 1. The summed E-state index contributed by atoms with van der Waals surface area (Å²) in [4.78, 5) is 14.6. The normalized spacial score (nSPS) is 14.8. The Hall–Kier alpha value is -3.02. The summed E-state index contributed by atoms with van der Waals surface area (Å²) in [5.74, 6) is -2.14. The lowest BCUT2D eigenvalue weighted by Crippen LogP contribution is -2.48. The quantitative estimate of drug-likeness (QED) is 0.565. The third kappa shape index (κ3) is 4.85. The maximum atomic E-state index is 13.4. The van der Waals surface area contributed by atoms with E-state index in [-0.39, 0.29) is 28.5 Å². The van der Waals surface area contributed by atoms with Crippen molar-refractivity contribution in [3.63, 3.8) is 0 Å². The number of nitrogens with zero attached hydrogens (tertiary/aromatic N) is 2. The Bertz CT molecular complexity index is 1270. The van der Waals surface area contributed by atoms with Crippen molar-refractivity contribution < 1.29 is 26.7 Å². The molecule has 1 fully saturated rings. The van der Waals surface area contributed by atoms with Crippen LogP contribution in [0.15, 0.2) is 58.8 Å². The van der Waals surface area contributed by atoms with E-state index in [1.54, 1.807) is 7.11 Å². The molecule has 0 unspecified atom stereocenters. The summed E-state index contributed by atoms with van der Waals surface area (Å²) in [5, 5.41) is 3.94. The highest BCUT2D eigenvalue weighted by molar-refractivity contribution is 7.89. The van der Waals surface area contributed by atoms with E-state index in [1.165, 1.54) is 21.8 Å². The van der Waals surface area contributed by atoms with Gasteiger partial charge in [-0.15, -0.1) is 11.3 Å². The molecule has 174 valence electrons. The third-order valence-corrected chi connectivity index (χ3v) is 8.27. The fourth-order valence-corrected chi connectivity index (χ4v) is 6.28. The second-order valence-electron chi connectivity index (χ2n) is 7.29. The molecule has 1 amide bonds. The summed E-state index contributed by atoms with van der Waals surface area (Å²) in [6.45, 7) is 1.46. The smallest absolute Gasteiger partial charge is 0.267 e. The SMILES string of the molecule is COc1cccc(N2CCN(S(=O)(=O)c3ccsc3C(=O)Nc3ccc(F)c(F)c3)CC2)c1. The van der Waals surface area contributed by atoms with Gasteiger partial charge < -0.3 is 15.0 Å². The van der Waals surface area contributed by atoms with Crippen molar-refractivity contribution >= 4 is 38.6 Å². The predicted octanol–water partition coefficient (Wildman–Crippen LogP) is 3.80. The Morgan fingerprint density at radius 2 is 1.79 bits per heavy atom. The van der Waals surface area contributed by atoms with E-state index in [0.29, 0.717) is 13.1 Å². The zero-order valence-corrected chi connectivity index (χ0v) is 19.3. The van der Waals surface area contributed by atoms with E-state index < -0.39 is 27.6 Å². The van der Waals surface area contributed by atoms with Gasteiger partial charge in [0.05, 0.1) is 7.11 Å². The minimum absolute atomic E-state index is 0.0186. The first-order chi connectivity index (χ1) is 15.8. The highest BCUT2D eigenvalue weighted by atomic mass is 32.2. The van der Waals surface area contributed by atoms with Gasteiger partial charge in [-0.25, -0.2) is 17.2 Å². The molecular formula is C22H21F2N3O4S2. The molecule has 11 heteroatoms. The number of benzene rings is 2. The summed E-state index contributed by atoms with van der Waals surface area (Å²) in [5.41, 5.74) is 0.969. The molecule has 0 saturated carbocycles. The summed E-state index contributed by atoms with van der Waals surface area (Å²) in [6.07, 6.45) is 0. The van der Waals surface area contributed by atoms with Crippen LogP contribution in [0.3, 0.4) is 0 Å². The molecule has 0 spiro atoms. The molecule has 7 nitrogen and oxygen atoms in total. The maximum Gasteiger partial charge on any atom is 0.267 e. The van der Waals surface area contributed by atoms with Crippen molar-refractivity contribution in [1.29, 1.82) is 0 Å². The number of ether oxygens (including phenoxy) is 1. The average molecular weight is 494 g/mol. The van der Waals surface area contributed by atoms with Gasteiger partial charge >= 0.3 is 0 Å². The summed E-state index contributed by atoms with van der Waals surface area (Å²) >= 11 is 0.967. The molecule has 0 radical (unpaired) electrons. The molecule has 1 aliphatic heterocycles. The predicted molar refractivity (Wildman–Crippen MR) is 123 cm³/mol. The van der Waals surface area contributed by atoms with Gasteiger partial charge in [0.15, 0.2) is 11.6 Å². The molecule has 0 aliphatic carbocycles. The molecule has 33 heavy (non-hydrogen) atoms. The van der Waals surface area contributed by atoms with Gasteiger partial charge in [0.1, 0.15) is 15.5 Å². The van der Waals surface area contributed by atoms with E-state index in [2.05, 4.69) is 10.2 Å². The average Bonchev–Trinajstić information content (AvgIpc) is 3.33. The van der Waals surface area contributed by atoms with Gasteiger partial charge in [-0.2, -0.15) is 4.31 Å². The van der Waals surface area contributed by atoms with Crippen LogP contribution >= 0.6 is 11.3 Å². The third-order valence-electron chi connectivity index (χ3n) is 5.29. The number of hydrogen-bond acceptors (Lipinski definition) is 6. The van der Waals surface area contributed by atoms with Crippen molar-refractivity contribution in [2.45, 2.75) is 4.90 Å². The van der Waals surface area contributed by atoms with Gasteiger partial charge in [0.2, 0.25) is 10.0 Å². The van der Waals surface area contributed by atoms with E-state index in [4.69, 9.17) is 4.74 Å². The number of piperazine rings is 1. The van der Waals surface area contributed by atoms with Crippen LogP contribution in [0, 0.1) is 11.6 Å². The lowest BCUT2D eigenvalue weighted by atomic mass is 10.2. The second kappa shape index (κ2) is 9.46. The van der Waals surface area contributed by atoms with Crippen LogP contribution in [0.1, 0.15) is 9.67 Å². The van der Waals surface area contributed by atoms with E-state index >= 15 is 0 Å². The molecule has 0 bridgehead atoms. The Morgan fingerprint density at radius 3 is 2.48 bits per heavy atom. The number of halogens is 2. The second-order valence-corrected chi connectivity index (χ2v) is 10.1. The van der Waals surface area contributed by atoms with Crippen molar-refractivity contribution in [3.8, 4) is 5.75 Å². The summed E-state index contributed by atoms with van der Waals surface area (Å²) in [6, 6.07) is 11.9. The molecule has 2 heterocycles. The first-order valence-electron chi connectivity index (χ1n) is 10.0. The molecule has 4 rings (SSSR count). The highest BCUT2D eigenvalue weighted by Crippen LogP contribution is 2.29. The monoisotopic (exact) mass is 493 g/mol. The minimum atomic E-state index is -3.92. The van der Waals surface area contributed by atoms with Crippen LogP contribution in [-0.2, 0) is 10.0 Å². The van der Waals surface area contributed by atoms with Crippen LogP contribution in [0.2, 0.25) is 0 Å². The Morgan fingerprint density at radius 1 is 1.03 bits per heavy atom. The highest BCUT2D eigenvalue weighted by Gasteiger charge is 2.32. The van der Waals surface area contributed by atoms with Crippen LogP contribution in [-0.4, -0.2) is 51.9 Å². The Kier molecular flexibility index (Phi) is 6.63. The van der Waals surface area contributed by atoms with Gasteiger partial charge in [-0.3, -0.25) is 4.79 Å². The summed E-state index contributed by atoms with van der Waals surface area (Å²) in [7, 11) is -2.33. The molecule has 1 aliphatic rings. The van der Waals surface area contributed by atoms with Crippen LogP contribution in [0.25, 0.3) is 0 Å². The zero-order chi connectivity index (χ0) is 23.6. The lowest BCUT2D eigenvalue weighted by Gasteiger charge is -2.35. The first-order valence-corrected chi connectivity index (χ1v) is 12.3. The van der Waals surface area contributed by atoms with E-state index in [0.717, 1.165) is 34.9 Å². The van der Waals surface area contributed by atoms with Crippen LogP contribution in [0.5, 0.6) is 5.75 Å². The standard InChI is InChI=1S/C22H21F2N3O4S2/c1-31-17-4-2-3-16(14-17)26-8-10-27(11-9-26)33(29,30)20-7-12-32-21(20)22(28)25-15-5-6-18(23)19(24)13-15/h2-7,12-14H,8-11H2,1H3,(H,25,28). The number of thiophene rings is 1. The Labute approximate surface area is 194 Å². The number of amides is 1. The fraction of sp³-hybridized carbons (Fsp3) is 0.227. The number of methoxy groups -OCH3 is 1. The molecule has 1 aromatic heterocycles. The number of anilines is 2. The first kappa shape index (κ1) is 23.1. The van der Waals surface area contributed by atoms with Gasteiger partial charge in [-0.05, 0) is 35.7 Å². The number of carbonyl (C=O) groups excluding carboxylic acids is 1. The lowest BCUT2D eigenvalue weighted by molar-refractivity contribution is 0.102. The molecule has 2 aromatic carbocycles. The molecule has 1 N–H and O–H groups in total. The minimum Gasteiger partial charge on any atom is -0.497 e. The van der Waals surface area contributed by atoms with Crippen molar-refractivity contribution in [2.24, 2.45) is 0 Å². The molecular weight excluding hydrogens is 472 g/mol.